The Kier molecular flexibility index (Phi) is 6.46. The van der Waals surface area contributed by atoms with Gasteiger partial charge in [-0.3, -0.25) is 4.98 Å². The highest BCUT2D eigenvalue weighted by Gasteiger charge is 2.22. The largest absolute Gasteiger partial charge is 0.340 e. The molecule has 2 aromatic heterocycles. The van der Waals surface area contributed by atoms with Crippen LogP contribution < -0.4 is 10.6 Å². The van der Waals surface area contributed by atoms with E-state index in [1.54, 1.807) is 18.5 Å². The van der Waals surface area contributed by atoms with Crippen LogP contribution in [0.15, 0.2) is 42.9 Å². The lowest BCUT2D eigenvalue weighted by Gasteiger charge is -2.32. The van der Waals surface area contributed by atoms with E-state index in [2.05, 4.69) is 46.4 Å². The molecule has 0 bridgehead atoms. The maximum Gasteiger partial charge on any atom is 0.164 e. The summed E-state index contributed by atoms with van der Waals surface area (Å²) >= 11 is 6.08. The van der Waals surface area contributed by atoms with Crippen LogP contribution in [0, 0.1) is 5.82 Å². The molecule has 0 spiro atoms. The van der Waals surface area contributed by atoms with Gasteiger partial charge in [0.1, 0.15) is 11.6 Å². The van der Waals surface area contributed by atoms with Crippen LogP contribution in [-0.2, 0) is 0 Å². The maximum absolute atomic E-state index is 14.4. The number of hydrogen-bond acceptors (Lipinski definition) is 6. The molecule has 1 aliphatic heterocycles. The third-order valence-corrected chi connectivity index (χ3v) is 5.70. The fourth-order valence-electron chi connectivity index (χ4n) is 3.74. The minimum atomic E-state index is -0.410. The van der Waals surface area contributed by atoms with Crippen molar-refractivity contribution in [2.45, 2.75) is 25.8 Å². The average Bonchev–Trinajstić information content (AvgIpc) is 2.75. The van der Waals surface area contributed by atoms with Crippen LogP contribution in [0.2, 0.25) is 5.02 Å². The molecule has 3 heterocycles. The quantitative estimate of drug-likeness (QED) is 0.595. The van der Waals surface area contributed by atoms with Gasteiger partial charge in [0.15, 0.2) is 5.82 Å². The fourth-order valence-corrected chi connectivity index (χ4v) is 3.92. The molecule has 1 saturated heterocycles. The highest BCUT2D eigenvalue weighted by Crippen LogP contribution is 2.32. The van der Waals surface area contributed by atoms with Gasteiger partial charge in [-0.1, -0.05) is 25.4 Å². The maximum atomic E-state index is 14.4. The summed E-state index contributed by atoms with van der Waals surface area (Å²) in [6, 6.07) is 6.49. The normalized spacial score (nSPS) is 17.2. The van der Waals surface area contributed by atoms with E-state index in [1.807, 2.05) is 12.3 Å². The first-order chi connectivity index (χ1) is 14.9. The summed E-state index contributed by atoms with van der Waals surface area (Å²) in [5, 5.41) is 7.47. The predicted molar refractivity (Wildman–Crippen MR) is 122 cm³/mol. The van der Waals surface area contributed by atoms with Crippen molar-refractivity contribution in [1.29, 1.82) is 0 Å². The monoisotopic (exact) mass is 440 g/mol. The van der Waals surface area contributed by atoms with E-state index in [-0.39, 0.29) is 23.3 Å². The zero-order valence-corrected chi connectivity index (χ0v) is 18.6. The van der Waals surface area contributed by atoms with Gasteiger partial charge >= 0.3 is 0 Å². The number of anilines is 2. The zero-order valence-electron chi connectivity index (χ0n) is 17.9. The Morgan fingerprint density at radius 1 is 1.26 bits per heavy atom. The van der Waals surface area contributed by atoms with Gasteiger partial charge in [-0.25, -0.2) is 14.4 Å². The fraction of sp³-hybridized carbons (Fsp3) is 0.348. The number of aromatic nitrogens is 3. The topological polar surface area (TPSA) is 66.0 Å². The molecule has 0 aliphatic carbocycles. The summed E-state index contributed by atoms with van der Waals surface area (Å²) in [7, 11) is 2.12. The number of rotatable bonds is 5. The Balaban J connectivity index is 1.74. The van der Waals surface area contributed by atoms with Crippen molar-refractivity contribution in [3.05, 3.63) is 64.8 Å². The van der Waals surface area contributed by atoms with Crippen LogP contribution in [0.1, 0.15) is 36.9 Å². The van der Waals surface area contributed by atoms with Crippen molar-refractivity contribution < 1.29 is 4.39 Å². The van der Waals surface area contributed by atoms with Crippen LogP contribution >= 0.6 is 11.6 Å². The highest BCUT2D eigenvalue weighted by atomic mass is 35.5. The number of piperazine rings is 1. The highest BCUT2D eigenvalue weighted by molar-refractivity contribution is 6.30. The molecule has 0 amide bonds. The van der Waals surface area contributed by atoms with Gasteiger partial charge in [0, 0.05) is 66.1 Å². The number of hydrogen-bond donors (Lipinski definition) is 2. The Bertz CT molecular complexity index is 1070. The van der Waals surface area contributed by atoms with Crippen LogP contribution in [0.4, 0.5) is 15.9 Å². The van der Waals surface area contributed by atoms with Crippen LogP contribution in [0.3, 0.4) is 0 Å². The average molecular weight is 441 g/mol. The minimum Gasteiger partial charge on any atom is -0.340 e. The molecule has 1 fully saturated rings. The molecule has 1 unspecified atom stereocenters. The molecule has 31 heavy (non-hydrogen) atoms. The van der Waals surface area contributed by atoms with Crippen molar-refractivity contribution in [3.63, 3.8) is 0 Å². The first-order valence-corrected chi connectivity index (χ1v) is 10.8. The second-order valence-corrected chi connectivity index (χ2v) is 8.57. The second kappa shape index (κ2) is 9.26. The molecule has 1 aromatic carbocycles. The molecule has 0 radical (unpaired) electrons. The Morgan fingerprint density at radius 2 is 2.10 bits per heavy atom. The van der Waals surface area contributed by atoms with Gasteiger partial charge in [0.05, 0.1) is 5.56 Å². The van der Waals surface area contributed by atoms with E-state index in [1.165, 1.54) is 12.1 Å². The Morgan fingerprint density at radius 3 is 2.87 bits per heavy atom. The van der Waals surface area contributed by atoms with Gasteiger partial charge < -0.3 is 15.5 Å². The summed E-state index contributed by atoms with van der Waals surface area (Å²) < 4.78 is 14.4. The molecule has 6 nitrogen and oxygen atoms in total. The van der Waals surface area contributed by atoms with Gasteiger partial charge in [0.25, 0.3) is 0 Å². The lowest BCUT2D eigenvalue weighted by Crippen LogP contribution is -2.43. The lowest BCUT2D eigenvalue weighted by molar-refractivity contribution is 0.241. The molecule has 4 rings (SSSR count). The smallest absolute Gasteiger partial charge is 0.164 e. The molecular formula is C23H26ClFN6. The van der Waals surface area contributed by atoms with Crippen molar-refractivity contribution in [3.8, 4) is 11.4 Å². The lowest BCUT2D eigenvalue weighted by atomic mass is 10.0. The van der Waals surface area contributed by atoms with E-state index in [4.69, 9.17) is 16.6 Å². The van der Waals surface area contributed by atoms with Crippen LogP contribution in [0.5, 0.6) is 0 Å². The van der Waals surface area contributed by atoms with E-state index in [0.717, 1.165) is 36.4 Å². The molecule has 162 valence electrons. The number of pyridine rings is 1. The summed E-state index contributed by atoms with van der Waals surface area (Å²) in [6.45, 7) is 6.97. The third-order valence-electron chi connectivity index (χ3n) is 5.47. The third kappa shape index (κ3) is 4.84. The summed E-state index contributed by atoms with van der Waals surface area (Å²) in [4.78, 5) is 15.7. The summed E-state index contributed by atoms with van der Waals surface area (Å²) in [5.41, 5.74) is 3.21. The Hall–Kier alpha value is -2.61. The van der Waals surface area contributed by atoms with E-state index in [9.17, 15) is 4.39 Å². The van der Waals surface area contributed by atoms with Crippen molar-refractivity contribution in [2.24, 2.45) is 0 Å². The second-order valence-electron chi connectivity index (χ2n) is 8.13. The zero-order chi connectivity index (χ0) is 22.0. The summed E-state index contributed by atoms with van der Waals surface area (Å²) in [6.07, 6.45) is 5.39. The molecule has 3 aromatic rings. The molecule has 2 N–H and O–H groups in total. The number of nitrogens with one attached hydrogen (secondary N) is 2. The molecule has 1 aliphatic rings. The van der Waals surface area contributed by atoms with Crippen LogP contribution in [0.25, 0.3) is 11.4 Å². The van der Waals surface area contributed by atoms with Gasteiger partial charge in [-0.05, 0) is 37.2 Å². The first-order valence-electron chi connectivity index (χ1n) is 10.4. The SMILES string of the molecule is CC(C)c1cnc(-c2cc(Cl)ccc2F)nc1Nc1ccncc1C1CN(C)CCN1. The van der Waals surface area contributed by atoms with Gasteiger partial charge in [0.2, 0.25) is 0 Å². The summed E-state index contributed by atoms with van der Waals surface area (Å²) in [5.74, 6) is 0.714. The van der Waals surface area contributed by atoms with E-state index < -0.39 is 5.82 Å². The van der Waals surface area contributed by atoms with E-state index >= 15 is 0 Å². The standard InChI is InChI=1S/C23H26ClFN6/c1-14(2)17-12-28-22(16-10-15(24)4-5-19(16)25)30-23(17)29-20-6-7-26-11-18(20)21-13-31(3)9-8-27-21/h4-7,10-12,14,21,27H,8-9,13H2,1-3H3,(H,26,28,29,30). The van der Waals surface area contributed by atoms with Crippen molar-refractivity contribution in [1.82, 2.24) is 25.2 Å². The Labute approximate surface area is 186 Å². The molecular weight excluding hydrogens is 415 g/mol. The predicted octanol–water partition coefficient (Wildman–Crippen LogP) is 4.77. The number of halogens is 2. The number of nitrogens with zero attached hydrogens (tertiary/aromatic N) is 4. The van der Waals surface area contributed by atoms with E-state index in [0.29, 0.717) is 10.8 Å². The molecule has 0 saturated carbocycles. The molecule has 1 atom stereocenters. The van der Waals surface area contributed by atoms with Crippen molar-refractivity contribution >= 4 is 23.1 Å². The minimum absolute atomic E-state index is 0.157. The van der Waals surface area contributed by atoms with Gasteiger partial charge in [-0.15, -0.1) is 0 Å². The number of likely N-dealkylation sites (N-methyl/N-ethyl adjacent to an activating group) is 1. The van der Waals surface area contributed by atoms with Crippen LogP contribution in [-0.4, -0.2) is 46.5 Å². The number of benzene rings is 1. The van der Waals surface area contributed by atoms with Crippen molar-refractivity contribution in [2.75, 3.05) is 32.0 Å². The van der Waals surface area contributed by atoms with Gasteiger partial charge in [-0.2, -0.15) is 0 Å². The molecule has 8 heteroatoms. The first kappa shape index (κ1) is 21.6.